The Hall–Kier alpha value is -1.62. The SMILES string of the molecule is CCCC1=CC=C(CCc2ccc(C3CCC(CCC)OC3)cc2)C(F)(F)C1(F)F. The van der Waals surface area contributed by atoms with Crippen molar-refractivity contribution in [2.75, 3.05) is 6.61 Å². The van der Waals surface area contributed by atoms with Crippen molar-refractivity contribution in [3.05, 3.63) is 58.7 Å². The van der Waals surface area contributed by atoms with Gasteiger partial charge in [-0.25, -0.2) is 0 Å². The van der Waals surface area contributed by atoms with Crippen molar-refractivity contribution in [3.63, 3.8) is 0 Å². The van der Waals surface area contributed by atoms with Gasteiger partial charge in [0.05, 0.1) is 12.7 Å². The van der Waals surface area contributed by atoms with Gasteiger partial charge in [-0.1, -0.05) is 63.1 Å². The Kier molecular flexibility index (Phi) is 7.43. The van der Waals surface area contributed by atoms with Crippen LogP contribution in [0.1, 0.15) is 75.8 Å². The molecule has 1 aliphatic carbocycles. The summed E-state index contributed by atoms with van der Waals surface area (Å²) in [5.74, 6) is -7.87. The fourth-order valence-corrected chi connectivity index (χ4v) is 4.42. The van der Waals surface area contributed by atoms with Crippen LogP contribution in [0.4, 0.5) is 17.6 Å². The third kappa shape index (κ3) is 4.82. The van der Waals surface area contributed by atoms with Crippen molar-refractivity contribution in [1.82, 2.24) is 0 Å². The summed E-state index contributed by atoms with van der Waals surface area (Å²) in [6.45, 7) is 4.58. The number of benzene rings is 1. The normalized spacial score (nSPS) is 25.5. The van der Waals surface area contributed by atoms with Crippen LogP contribution in [0.25, 0.3) is 0 Å². The Labute approximate surface area is 177 Å². The maximum Gasteiger partial charge on any atom is 0.335 e. The van der Waals surface area contributed by atoms with Crippen molar-refractivity contribution >= 4 is 0 Å². The molecule has 1 saturated heterocycles. The van der Waals surface area contributed by atoms with Crippen molar-refractivity contribution in [3.8, 4) is 0 Å². The van der Waals surface area contributed by atoms with Gasteiger partial charge in [-0.05, 0) is 49.7 Å². The highest BCUT2D eigenvalue weighted by molar-refractivity contribution is 5.38. The molecule has 0 spiro atoms. The van der Waals surface area contributed by atoms with E-state index in [1.165, 1.54) is 17.7 Å². The van der Waals surface area contributed by atoms with Crippen molar-refractivity contribution in [2.45, 2.75) is 89.1 Å². The highest BCUT2D eigenvalue weighted by Crippen LogP contribution is 2.49. The molecule has 0 amide bonds. The molecule has 0 radical (unpaired) electrons. The van der Waals surface area contributed by atoms with Gasteiger partial charge < -0.3 is 4.74 Å². The van der Waals surface area contributed by atoms with E-state index in [4.69, 9.17) is 4.74 Å². The molecule has 2 unspecified atom stereocenters. The van der Waals surface area contributed by atoms with Crippen LogP contribution in [0.2, 0.25) is 0 Å². The minimum atomic E-state index is -4.12. The number of allylic oxidation sites excluding steroid dienone is 4. The smallest absolute Gasteiger partial charge is 0.335 e. The van der Waals surface area contributed by atoms with Gasteiger partial charge in [0.15, 0.2) is 0 Å². The van der Waals surface area contributed by atoms with E-state index >= 15 is 0 Å². The predicted octanol–water partition coefficient (Wildman–Crippen LogP) is 7.62. The predicted molar refractivity (Wildman–Crippen MR) is 112 cm³/mol. The second-order valence-corrected chi connectivity index (χ2v) is 8.54. The van der Waals surface area contributed by atoms with E-state index in [0.29, 0.717) is 31.5 Å². The second kappa shape index (κ2) is 9.67. The van der Waals surface area contributed by atoms with Crippen LogP contribution in [0.5, 0.6) is 0 Å². The van der Waals surface area contributed by atoms with Crippen molar-refractivity contribution in [2.24, 2.45) is 0 Å². The van der Waals surface area contributed by atoms with E-state index in [1.54, 1.807) is 6.92 Å². The average molecular weight is 425 g/mol. The van der Waals surface area contributed by atoms with Gasteiger partial charge in [0.1, 0.15) is 0 Å². The largest absolute Gasteiger partial charge is 0.378 e. The average Bonchev–Trinajstić information content (AvgIpc) is 2.73. The van der Waals surface area contributed by atoms with Crippen molar-refractivity contribution < 1.29 is 22.3 Å². The zero-order valence-corrected chi connectivity index (χ0v) is 17.9. The molecule has 0 aromatic heterocycles. The van der Waals surface area contributed by atoms with Crippen LogP contribution in [-0.4, -0.2) is 24.6 Å². The molecule has 1 heterocycles. The van der Waals surface area contributed by atoms with Crippen LogP contribution >= 0.6 is 0 Å². The Morgan fingerprint density at radius 2 is 1.47 bits per heavy atom. The number of hydrogen-bond donors (Lipinski definition) is 0. The topological polar surface area (TPSA) is 9.23 Å². The number of rotatable bonds is 8. The summed E-state index contributed by atoms with van der Waals surface area (Å²) in [5.41, 5.74) is 1.11. The van der Waals surface area contributed by atoms with Gasteiger partial charge in [-0.15, -0.1) is 0 Å². The molecule has 30 heavy (non-hydrogen) atoms. The molecule has 5 heteroatoms. The van der Waals surface area contributed by atoms with Gasteiger partial charge in [0.2, 0.25) is 0 Å². The lowest BCUT2D eigenvalue weighted by atomic mass is 9.85. The molecule has 3 rings (SSSR count). The van der Waals surface area contributed by atoms with E-state index in [2.05, 4.69) is 6.92 Å². The molecule has 1 nitrogen and oxygen atoms in total. The molecule has 0 N–H and O–H groups in total. The van der Waals surface area contributed by atoms with E-state index in [0.717, 1.165) is 31.2 Å². The van der Waals surface area contributed by atoms with E-state index in [9.17, 15) is 17.6 Å². The molecular weight excluding hydrogens is 392 g/mol. The first-order valence-corrected chi connectivity index (χ1v) is 11.2. The molecule has 2 atom stereocenters. The molecule has 2 aliphatic rings. The van der Waals surface area contributed by atoms with E-state index < -0.39 is 23.0 Å². The molecule has 1 fully saturated rings. The minimum absolute atomic E-state index is 0.0160. The van der Waals surface area contributed by atoms with Gasteiger partial charge >= 0.3 is 11.8 Å². The molecule has 1 aromatic carbocycles. The second-order valence-electron chi connectivity index (χ2n) is 8.54. The molecule has 1 aliphatic heterocycles. The quantitative estimate of drug-likeness (QED) is 0.390. The van der Waals surface area contributed by atoms with Gasteiger partial charge in [0, 0.05) is 17.1 Å². The highest BCUT2D eigenvalue weighted by atomic mass is 19.3. The first-order valence-electron chi connectivity index (χ1n) is 11.2. The summed E-state index contributed by atoms with van der Waals surface area (Å²) in [4.78, 5) is 0. The Balaban J connectivity index is 1.60. The van der Waals surface area contributed by atoms with Gasteiger partial charge in [-0.3, -0.25) is 0 Å². The lowest BCUT2D eigenvalue weighted by molar-refractivity contribution is -0.165. The van der Waals surface area contributed by atoms with Crippen LogP contribution in [-0.2, 0) is 11.2 Å². The Morgan fingerprint density at radius 3 is 2.00 bits per heavy atom. The fourth-order valence-electron chi connectivity index (χ4n) is 4.42. The molecular formula is C25H32F4O. The number of hydrogen-bond acceptors (Lipinski definition) is 1. The maximum absolute atomic E-state index is 14.4. The molecule has 0 bridgehead atoms. The van der Waals surface area contributed by atoms with Gasteiger partial charge in [-0.2, -0.15) is 17.6 Å². The summed E-state index contributed by atoms with van der Waals surface area (Å²) < 4.78 is 63.4. The van der Waals surface area contributed by atoms with Crippen LogP contribution in [0.15, 0.2) is 47.6 Å². The monoisotopic (exact) mass is 424 g/mol. The first kappa shape index (κ1) is 23.1. The minimum Gasteiger partial charge on any atom is -0.378 e. The molecule has 1 aromatic rings. The molecule has 166 valence electrons. The van der Waals surface area contributed by atoms with Crippen LogP contribution in [0, 0.1) is 0 Å². The van der Waals surface area contributed by atoms with Crippen LogP contribution in [0.3, 0.4) is 0 Å². The number of halogens is 4. The fraction of sp³-hybridized carbons (Fsp3) is 0.600. The van der Waals surface area contributed by atoms with Gasteiger partial charge in [0.25, 0.3) is 0 Å². The standard InChI is InChI=1S/C25H32F4O/c1-3-5-21-14-15-22(25(28,29)24(21,26)27)13-9-18-7-10-19(11-8-18)20-12-16-23(6-4-2)30-17-20/h7-8,10-11,14-15,20,23H,3-6,9,12-13,16-17H2,1-2H3. The summed E-state index contributed by atoms with van der Waals surface area (Å²) in [5, 5.41) is 0. The summed E-state index contributed by atoms with van der Waals surface area (Å²) >= 11 is 0. The molecule has 0 saturated carbocycles. The Morgan fingerprint density at radius 1 is 0.833 bits per heavy atom. The summed E-state index contributed by atoms with van der Waals surface area (Å²) in [7, 11) is 0. The summed E-state index contributed by atoms with van der Waals surface area (Å²) in [6, 6.07) is 7.88. The lowest BCUT2D eigenvalue weighted by Gasteiger charge is -2.33. The van der Waals surface area contributed by atoms with Crippen LogP contribution < -0.4 is 0 Å². The van der Waals surface area contributed by atoms with E-state index in [-0.39, 0.29) is 12.8 Å². The number of ether oxygens (including phenoxy) is 1. The third-order valence-electron chi connectivity index (χ3n) is 6.32. The maximum atomic E-state index is 14.4. The number of alkyl halides is 4. The van der Waals surface area contributed by atoms with Crippen molar-refractivity contribution in [1.29, 1.82) is 0 Å². The summed E-state index contributed by atoms with van der Waals surface area (Å²) in [6.07, 6.45) is 7.75. The Bertz CT molecular complexity index is 756. The highest BCUT2D eigenvalue weighted by Gasteiger charge is 2.61. The number of aryl methyl sites for hydroxylation is 1. The lowest BCUT2D eigenvalue weighted by Crippen LogP contribution is -2.45. The third-order valence-corrected chi connectivity index (χ3v) is 6.32. The zero-order valence-electron chi connectivity index (χ0n) is 17.9. The first-order chi connectivity index (χ1) is 14.3. The zero-order chi connectivity index (χ0) is 21.8. The van der Waals surface area contributed by atoms with E-state index in [1.807, 2.05) is 24.3 Å².